The fraction of sp³-hybridized carbons (Fsp3) is 0.444. The minimum absolute atomic E-state index is 0.0176. The number of carboxylic acids is 1. The summed E-state index contributed by atoms with van der Waals surface area (Å²) in [7, 11) is 2.78. The van der Waals surface area contributed by atoms with Crippen LogP contribution in [0.25, 0.3) is 11.1 Å². The van der Waals surface area contributed by atoms with Crippen LogP contribution in [0, 0.1) is 0 Å². The number of aliphatic carboxylic acids is 1. The summed E-state index contributed by atoms with van der Waals surface area (Å²) < 4.78 is 22.5. The first kappa shape index (κ1) is 29.6. The number of fused-ring (bicyclic) bond motifs is 3. The van der Waals surface area contributed by atoms with E-state index in [0.717, 1.165) is 0 Å². The van der Waals surface area contributed by atoms with Crippen LogP contribution in [0.1, 0.15) is 30.5 Å². The minimum Gasteiger partial charge on any atom is -0.492 e. The van der Waals surface area contributed by atoms with Crippen molar-refractivity contribution >= 4 is 23.6 Å². The number of nitrogens with one attached hydrogen (secondary N) is 1. The lowest BCUT2D eigenvalue weighted by Crippen LogP contribution is -2.61. The Balaban J connectivity index is 1.89. The molecule has 0 bridgehead atoms. The molecule has 0 saturated carbocycles. The number of methoxy groups -OCH3 is 2. The standard InChI is InChI=1S/C27H31NO11S/c1-11(29)28-15-7-5-12-9-17(38-27-22(33)20(31)21(32)25(39-27)26(34)35)23(36-2)24(37-3)19(12)13-6-8-18(40-4)16(30)10-14(13)15/h6,8-10,15,20-22,25,27,31-33H,5,7H2,1-4H3,(H,28,29)(H,34,35). The first-order valence-corrected chi connectivity index (χ1v) is 13.6. The van der Waals surface area contributed by atoms with Gasteiger partial charge in [-0.3, -0.25) is 9.59 Å². The van der Waals surface area contributed by atoms with Crippen molar-refractivity contribution in [1.29, 1.82) is 0 Å². The summed E-state index contributed by atoms with van der Waals surface area (Å²) in [5, 5.41) is 43.1. The molecule has 4 rings (SSSR count). The Morgan fingerprint density at radius 1 is 1.05 bits per heavy atom. The highest BCUT2D eigenvalue weighted by Gasteiger charge is 2.48. The Labute approximate surface area is 233 Å². The summed E-state index contributed by atoms with van der Waals surface area (Å²) in [6, 6.07) is 6.12. The number of amides is 1. The van der Waals surface area contributed by atoms with Gasteiger partial charge in [-0.15, -0.1) is 11.8 Å². The smallest absolute Gasteiger partial charge is 0.335 e. The van der Waals surface area contributed by atoms with E-state index in [1.165, 1.54) is 39.0 Å². The Hall–Kier alpha value is -3.36. The lowest BCUT2D eigenvalue weighted by atomic mass is 9.95. The van der Waals surface area contributed by atoms with Gasteiger partial charge in [-0.05, 0) is 54.0 Å². The monoisotopic (exact) mass is 577 g/mol. The number of carboxylic acid groups (broad SMARTS) is 1. The third-order valence-corrected chi connectivity index (χ3v) is 7.71. The molecular formula is C27H31NO11S. The van der Waals surface area contributed by atoms with E-state index in [-0.39, 0.29) is 28.6 Å². The van der Waals surface area contributed by atoms with Crippen molar-refractivity contribution in [3.05, 3.63) is 45.6 Å². The maximum Gasteiger partial charge on any atom is 0.335 e. The molecule has 1 heterocycles. The van der Waals surface area contributed by atoms with Gasteiger partial charge >= 0.3 is 5.97 Å². The summed E-state index contributed by atoms with van der Waals surface area (Å²) in [6.45, 7) is 1.40. The van der Waals surface area contributed by atoms with Gasteiger partial charge in [-0.1, -0.05) is 6.07 Å². The Kier molecular flexibility index (Phi) is 8.90. The third-order valence-electron chi connectivity index (χ3n) is 6.93. The van der Waals surface area contributed by atoms with Crippen LogP contribution >= 0.6 is 11.8 Å². The molecule has 5 N–H and O–H groups in total. The van der Waals surface area contributed by atoms with E-state index in [1.807, 2.05) is 0 Å². The average molecular weight is 578 g/mol. The van der Waals surface area contributed by atoms with Gasteiger partial charge in [-0.2, -0.15) is 0 Å². The number of carbonyl (C=O) groups excluding carboxylic acids is 1. The number of thioether (sulfide) groups is 1. The molecule has 6 atom stereocenters. The van der Waals surface area contributed by atoms with Crippen LogP contribution in [0.15, 0.2) is 34.0 Å². The van der Waals surface area contributed by atoms with E-state index >= 15 is 0 Å². The van der Waals surface area contributed by atoms with Gasteiger partial charge in [0.05, 0.1) is 25.2 Å². The highest BCUT2D eigenvalue weighted by atomic mass is 32.2. The number of hydrogen-bond acceptors (Lipinski definition) is 11. The number of rotatable bonds is 7. The zero-order chi connectivity index (χ0) is 29.3. The molecule has 1 saturated heterocycles. The van der Waals surface area contributed by atoms with Crippen LogP contribution in [-0.4, -0.2) is 83.5 Å². The normalized spacial score (nSPS) is 25.6. The van der Waals surface area contributed by atoms with E-state index in [4.69, 9.17) is 18.9 Å². The molecule has 0 aromatic heterocycles. The number of aliphatic hydroxyl groups excluding tert-OH is 3. The zero-order valence-electron chi connectivity index (χ0n) is 22.2. The number of benzene rings is 1. The van der Waals surface area contributed by atoms with Crippen molar-refractivity contribution in [2.24, 2.45) is 0 Å². The summed E-state index contributed by atoms with van der Waals surface area (Å²) in [5.74, 6) is -1.49. The molecule has 6 unspecified atom stereocenters. The summed E-state index contributed by atoms with van der Waals surface area (Å²) in [6.07, 6.45) is -6.44. The van der Waals surface area contributed by atoms with E-state index in [0.29, 0.717) is 40.0 Å². The van der Waals surface area contributed by atoms with Crippen LogP contribution in [-0.2, 0) is 20.7 Å². The average Bonchev–Trinajstić information content (AvgIpc) is 3.16. The lowest BCUT2D eigenvalue weighted by Gasteiger charge is -2.38. The minimum atomic E-state index is -1.88. The SMILES string of the molecule is COc1c(OC2OC(C(=O)O)C(O)C(O)C2O)cc2c(c1OC)-c1ccc(SC)c(=O)cc1C(NC(C)=O)CC2. The summed E-state index contributed by atoms with van der Waals surface area (Å²) in [4.78, 5) is 37.1. The molecule has 2 aromatic rings. The molecule has 13 heteroatoms. The highest BCUT2D eigenvalue weighted by Crippen LogP contribution is 2.50. The van der Waals surface area contributed by atoms with Gasteiger partial charge in [0.15, 0.2) is 23.0 Å². The van der Waals surface area contributed by atoms with Crippen molar-refractivity contribution in [1.82, 2.24) is 5.32 Å². The zero-order valence-corrected chi connectivity index (χ0v) is 23.1. The molecule has 40 heavy (non-hydrogen) atoms. The first-order valence-electron chi connectivity index (χ1n) is 12.4. The highest BCUT2D eigenvalue weighted by molar-refractivity contribution is 7.98. The Morgan fingerprint density at radius 3 is 2.35 bits per heavy atom. The van der Waals surface area contributed by atoms with Crippen LogP contribution in [0.3, 0.4) is 0 Å². The first-order chi connectivity index (χ1) is 19.0. The van der Waals surface area contributed by atoms with Crippen LogP contribution in [0.2, 0.25) is 0 Å². The molecule has 2 aliphatic rings. The predicted octanol–water partition coefficient (Wildman–Crippen LogP) is 0.847. The maximum atomic E-state index is 13.0. The van der Waals surface area contributed by atoms with E-state index in [2.05, 4.69) is 5.32 Å². The molecule has 216 valence electrons. The van der Waals surface area contributed by atoms with Crippen molar-refractivity contribution < 1.29 is 49.0 Å². The van der Waals surface area contributed by atoms with E-state index in [9.17, 15) is 34.8 Å². The Bertz CT molecular complexity index is 1370. The van der Waals surface area contributed by atoms with Crippen molar-refractivity contribution in [3.8, 4) is 28.4 Å². The van der Waals surface area contributed by atoms with E-state index in [1.54, 1.807) is 24.5 Å². The van der Waals surface area contributed by atoms with Crippen molar-refractivity contribution in [2.45, 2.75) is 61.4 Å². The van der Waals surface area contributed by atoms with E-state index < -0.39 is 42.7 Å². The fourth-order valence-electron chi connectivity index (χ4n) is 5.07. The second kappa shape index (κ2) is 12.0. The van der Waals surface area contributed by atoms with Gasteiger partial charge in [0.2, 0.25) is 17.9 Å². The number of aliphatic hydroxyl groups is 3. The van der Waals surface area contributed by atoms with Crippen LogP contribution in [0.4, 0.5) is 0 Å². The van der Waals surface area contributed by atoms with Gasteiger partial charge in [-0.25, -0.2) is 4.79 Å². The van der Waals surface area contributed by atoms with Crippen LogP contribution < -0.4 is 25.0 Å². The summed E-state index contributed by atoms with van der Waals surface area (Å²) >= 11 is 1.30. The lowest BCUT2D eigenvalue weighted by molar-refractivity contribution is -0.271. The van der Waals surface area contributed by atoms with Crippen molar-refractivity contribution in [3.63, 3.8) is 0 Å². The quantitative estimate of drug-likeness (QED) is 0.293. The van der Waals surface area contributed by atoms with Crippen LogP contribution in [0.5, 0.6) is 17.2 Å². The number of aryl methyl sites for hydroxylation is 1. The van der Waals surface area contributed by atoms with Crippen molar-refractivity contribution in [2.75, 3.05) is 20.5 Å². The number of hydrogen-bond donors (Lipinski definition) is 5. The second-order valence-electron chi connectivity index (χ2n) is 9.40. The predicted molar refractivity (Wildman–Crippen MR) is 143 cm³/mol. The topological polar surface area (TPSA) is 181 Å². The van der Waals surface area contributed by atoms with Gasteiger partial charge in [0, 0.05) is 12.5 Å². The van der Waals surface area contributed by atoms with Gasteiger partial charge in [0.25, 0.3) is 0 Å². The van der Waals surface area contributed by atoms with Gasteiger partial charge in [0.1, 0.15) is 18.3 Å². The van der Waals surface area contributed by atoms with Gasteiger partial charge < -0.3 is 44.7 Å². The number of ether oxygens (including phenoxy) is 4. The maximum absolute atomic E-state index is 13.0. The summed E-state index contributed by atoms with van der Waals surface area (Å²) in [5.41, 5.74) is 2.31. The fourth-order valence-corrected chi connectivity index (χ4v) is 5.54. The molecule has 1 fully saturated rings. The largest absolute Gasteiger partial charge is 0.492 e. The molecule has 1 aliphatic heterocycles. The number of carbonyl (C=O) groups is 2. The third kappa shape index (κ3) is 5.47. The molecule has 1 amide bonds. The molecule has 12 nitrogen and oxygen atoms in total. The molecule has 2 aromatic carbocycles. The molecule has 1 aliphatic carbocycles. The molecular weight excluding hydrogens is 546 g/mol. The second-order valence-corrected chi connectivity index (χ2v) is 10.2. The molecule has 0 spiro atoms. The molecule has 0 radical (unpaired) electrons. The Morgan fingerprint density at radius 2 is 1.75 bits per heavy atom.